The first-order valence-corrected chi connectivity index (χ1v) is 4.94. The molecule has 0 spiro atoms. The van der Waals surface area contributed by atoms with Gasteiger partial charge in [0.05, 0.1) is 0 Å². The Kier molecular flexibility index (Phi) is 5.51. The Balaban J connectivity index is 3.38. The average Bonchev–Trinajstić information content (AvgIpc) is 1.96. The number of hydrogen-bond donors (Lipinski definition) is 2. The number of nitrogens with one attached hydrogen (secondary N) is 1. The molecule has 0 aliphatic heterocycles. The molecule has 2 nitrogen and oxygen atoms in total. The van der Waals surface area contributed by atoms with Crippen molar-refractivity contribution in [3.05, 3.63) is 0 Å². The van der Waals surface area contributed by atoms with E-state index in [4.69, 9.17) is 5.73 Å². The molecule has 0 aromatic heterocycles. The van der Waals surface area contributed by atoms with Gasteiger partial charge in [-0.1, -0.05) is 34.1 Å². The van der Waals surface area contributed by atoms with Crippen LogP contribution in [0.3, 0.4) is 0 Å². The van der Waals surface area contributed by atoms with Crippen molar-refractivity contribution in [3.63, 3.8) is 0 Å². The second-order valence-corrected chi connectivity index (χ2v) is 4.53. The van der Waals surface area contributed by atoms with Crippen molar-refractivity contribution >= 4 is 0 Å². The van der Waals surface area contributed by atoms with Gasteiger partial charge in [0.2, 0.25) is 0 Å². The fourth-order valence-corrected chi connectivity index (χ4v) is 0.866. The number of unbranched alkanes of at least 4 members (excludes halogenated alkanes) is 1. The van der Waals surface area contributed by atoms with Crippen LogP contribution in [0.1, 0.15) is 40.5 Å². The quantitative estimate of drug-likeness (QED) is 0.620. The van der Waals surface area contributed by atoms with E-state index < -0.39 is 0 Å². The van der Waals surface area contributed by atoms with Gasteiger partial charge in [-0.05, 0) is 18.4 Å². The highest BCUT2D eigenvalue weighted by Gasteiger charge is 2.19. The molecule has 0 radical (unpaired) electrons. The van der Waals surface area contributed by atoms with E-state index in [2.05, 4.69) is 33.0 Å². The summed E-state index contributed by atoms with van der Waals surface area (Å²) in [5.41, 5.74) is 6.19. The largest absolute Gasteiger partial charge is 0.326 e. The predicted octanol–water partition coefficient (Wildman–Crippen LogP) is 1.75. The zero-order valence-electron chi connectivity index (χ0n) is 8.98. The van der Waals surface area contributed by atoms with Crippen molar-refractivity contribution in [2.45, 2.75) is 46.6 Å². The van der Waals surface area contributed by atoms with Gasteiger partial charge < -0.3 is 11.1 Å². The first kappa shape index (κ1) is 11.9. The Morgan fingerprint density at radius 2 is 1.92 bits per heavy atom. The molecule has 0 aromatic rings. The van der Waals surface area contributed by atoms with Crippen LogP contribution in [-0.2, 0) is 0 Å². The molecule has 74 valence electrons. The highest BCUT2D eigenvalue weighted by Crippen LogP contribution is 2.16. The summed E-state index contributed by atoms with van der Waals surface area (Å²) < 4.78 is 0. The highest BCUT2D eigenvalue weighted by atomic mass is 14.9. The molecule has 0 aliphatic rings. The third kappa shape index (κ3) is 5.56. The van der Waals surface area contributed by atoms with Gasteiger partial charge >= 0.3 is 0 Å². The molecule has 0 aromatic carbocycles. The molecule has 0 aliphatic carbocycles. The molecule has 0 unspecified atom stereocenters. The smallest absolute Gasteiger partial charge is 0.0214 e. The van der Waals surface area contributed by atoms with E-state index in [9.17, 15) is 0 Å². The summed E-state index contributed by atoms with van der Waals surface area (Å²) in [6.45, 7) is 10.8. The van der Waals surface area contributed by atoms with Crippen molar-refractivity contribution in [3.8, 4) is 0 Å². The molecule has 0 amide bonds. The molecule has 0 bridgehead atoms. The summed E-state index contributed by atoms with van der Waals surface area (Å²) in [7, 11) is 0. The van der Waals surface area contributed by atoms with Gasteiger partial charge in [-0.15, -0.1) is 0 Å². The first-order chi connectivity index (χ1) is 5.48. The standard InChI is InChI=1S/C10H24N2/c1-5-6-7-12-8-9(11)10(2,3)4/h9,12H,5-8,11H2,1-4H3/t9-/m1/s1. The molecule has 0 fully saturated rings. The van der Waals surface area contributed by atoms with Gasteiger partial charge in [0, 0.05) is 12.6 Å². The van der Waals surface area contributed by atoms with E-state index in [1.54, 1.807) is 0 Å². The summed E-state index contributed by atoms with van der Waals surface area (Å²) in [5, 5.41) is 3.37. The van der Waals surface area contributed by atoms with Crippen LogP contribution in [0, 0.1) is 5.41 Å². The zero-order valence-corrected chi connectivity index (χ0v) is 8.98. The Labute approximate surface area is 76.9 Å². The molecule has 3 N–H and O–H groups in total. The van der Waals surface area contributed by atoms with Gasteiger partial charge in [-0.25, -0.2) is 0 Å². The fourth-order valence-electron chi connectivity index (χ4n) is 0.866. The molecular weight excluding hydrogens is 148 g/mol. The molecule has 12 heavy (non-hydrogen) atoms. The lowest BCUT2D eigenvalue weighted by Crippen LogP contribution is -2.43. The van der Waals surface area contributed by atoms with E-state index in [-0.39, 0.29) is 11.5 Å². The molecule has 0 saturated heterocycles. The molecule has 0 rings (SSSR count). The van der Waals surface area contributed by atoms with Crippen LogP contribution in [0.15, 0.2) is 0 Å². The highest BCUT2D eigenvalue weighted by molar-refractivity contribution is 4.78. The summed E-state index contributed by atoms with van der Waals surface area (Å²) in [4.78, 5) is 0. The lowest BCUT2D eigenvalue weighted by Gasteiger charge is -2.27. The molecule has 2 heteroatoms. The van der Waals surface area contributed by atoms with Gasteiger partial charge in [-0.3, -0.25) is 0 Å². The van der Waals surface area contributed by atoms with Crippen molar-refractivity contribution < 1.29 is 0 Å². The predicted molar refractivity (Wildman–Crippen MR) is 55.2 cm³/mol. The molecular formula is C10H24N2. The van der Waals surface area contributed by atoms with Crippen molar-refractivity contribution in [1.29, 1.82) is 0 Å². The van der Waals surface area contributed by atoms with Crippen LogP contribution in [-0.4, -0.2) is 19.1 Å². The summed E-state index contributed by atoms with van der Waals surface area (Å²) in [6.07, 6.45) is 2.49. The van der Waals surface area contributed by atoms with E-state index in [0.717, 1.165) is 13.1 Å². The second-order valence-electron chi connectivity index (χ2n) is 4.53. The van der Waals surface area contributed by atoms with Gasteiger partial charge in [0.25, 0.3) is 0 Å². The fraction of sp³-hybridized carbons (Fsp3) is 1.00. The monoisotopic (exact) mass is 172 g/mol. The number of nitrogens with two attached hydrogens (primary N) is 1. The Morgan fingerprint density at radius 3 is 2.33 bits per heavy atom. The number of hydrogen-bond acceptors (Lipinski definition) is 2. The van der Waals surface area contributed by atoms with Crippen molar-refractivity contribution in [2.75, 3.05) is 13.1 Å². The lowest BCUT2D eigenvalue weighted by atomic mass is 9.87. The summed E-state index contributed by atoms with van der Waals surface area (Å²) in [6, 6.07) is 0.259. The topological polar surface area (TPSA) is 38.0 Å². The van der Waals surface area contributed by atoms with Crippen LogP contribution in [0.25, 0.3) is 0 Å². The minimum Gasteiger partial charge on any atom is -0.326 e. The zero-order chi connectivity index (χ0) is 9.61. The third-order valence-electron chi connectivity index (χ3n) is 2.18. The minimum absolute atomic E-state index is 0.221. The third-order valence-corrected chi connectivity index (χ3v) is 2.18. The van der Waals surface area contributed by atoms with Crippen molar-refractivity contribution in [2.24, 2.45) is 11.1 Å². The van der Waals surface area contributed by atoms with E-state index in [1.807, 2.05) is 0 Å². The van der Waals surface area contributed by atoms with E-state index in [1.165, 1.54) is 12.8 Å². The molecule has 1 atom stereocenters. The average molecular weight is 172 g/mol. The maximum atomic E-state index is 5.97. The first-order valence-electron chi connectivity index (χ1n) is 4.94. The van der Waals surface area contributed by atoms with Crippen LogP contribution in [0.4, 0.5) is 0 Å². The van der Waals surface area contributed by atoms with E-state index >= 15 is 0 Å². The van der Waals surface area contributed by atoms with Gasteiger partial charge in [0.15, 0.2) is 0 Å². The maximum absolute atomic E-state index is 5.97. The minimum atomic E-state index is 0.221. The molecule has 0 heterocycles. The summed E-state index contributed by atoms with van der Waals surface area (Å²) >= 11 is 0. The SMILES string of the molecule is CCCCNC[C@@H](N)C(C)(C)C. The van der Waals surface area contributed by atoms with Crippen LogP contribution < -0.4 is 11.1 Å². The van der Waals surface area contributed by atoms with E-state index in [0.29, 0.717) is 0 Å². The van der Waals surface area contributed by atoms with Gasteiger partial charge in [-0.2, -0.15) is 0 Å². The number of rotatable bonds is 5. The Morgan fingerprint density at radius 1 is 1.33 bits per heavy atom. The second kappa shape index (κ2) is 5.55. The summed E-state index contributed by atoms with van der Waals surface area (Å²) in [5.74, 6) is 0. The van der Waals surface area contributed by atoms with Crippen molar-refractivity contribution in [1.82, 2.24) is 5.32 Å². The van der Waals surface area contributed by atoms with Crippen LogP contribution in [0.5, 0.6) is 0 Å². The van der Waals surface area contributed by atoms with Gasteiger partial charge in [0.1, 0.15) is 0 Å². The van der Waals surface area contributed by atoms with Crippen LogP contribution >= 0.6 is 0 Å². The maximum Gasteiger partial charge on any atom is 0.0214 e. The molecule has 0 saturated carbocycles. The Bertz CT molecular complexity index is 105. The Hall–Kier alpha value is -0.0800. The lowest BCUT2D eigenvalue weighted by molar-refractivity contribution is 0.309. The normalized spacial score (nSPS) is 14.8. The van der Waals surface area contributed by atoms with Crippen LogP contribution in [0.2, 0.25) is 0 Å².